The Hall–Kier alpha value is -1.77. The van der Waals surface area contributed by atoms with E-state index in [2.05, 4.69) is 47.1 Å². The lowest BCUT2D eigenvalue weighted by Gasteiger charge is -2.33. The smallest absolute Gasteiger partial charge is 0.0650 e. The van der Waals surface area contributed by atoms with Crippen LogP contribution in [0, 0.1) is 5.92 Å². The summed E-state index contributed by atoms with van der Waals surface area (Å²) in [4.78, 5) is 2.56. The van der Waals surface area contributed by atoms with Gasteiger partial charge in [0.05, 0.1) is 5.69 Å². The molecule has 1 aliphatic heterocycles. The first-order valence-electron chi connectivity index (χ1n) is 7.65. The summed E-state index contributed by atoms with van der Waals surface area (Å²) in [6.07, 6.45) is 5.51. The molecule has 2 heterocycles. The predicted octanol–water partition coefficient (Wildman–Crippen LogP) is 3.88. The van der Waals surface area contributed by atoms with Crippen molar-refractivity contribution in [2.75, 3.05) is 18.0 Å². The molecule has 3 heteroatoms. The second kappa shape index (κ2) is 5.70. The van der Waals surface area contributed by atoms with Crippen molar-refractivity contribution in [2.24, 2.45) is 5.92 Å². The van der Waals surface area contributed by atoms with E-state index in [0.29, 0.717) is 0 Å². The summed E-state index contributed by atoms with van der Waals surface area (Å²) in [7, 11) is 0. The van der Waals surface area contributed by atoms with Crippen LogP contribution < -0.4 is 4.90 Å². The zero-order valence-electron chi connectivity index (χ0n) is 12.4. The van der Waals surface area contributed by atoms with Crippen molar-refractivity contribution < 1.29 is 0 Å². The van der Waals surface area contributed by atoms with Crippen LogP contribution in [0.5, 0.6) is 0 Å². The molecule has 1 aromatic heterocycles. The van der Waals surface area contributed by atoms with E-state index in [1.165, 1.54) is 49.2 Å². The fourth-order valence-corrected chi connectivity index (χ4v) is 2.95. The van der Waals surface area contributed by atoms with Crippen LogP contribution in [0.3, 0.4) is 0 Å². The number of fused-ring (bicyclic) bond motifs is 1. The molecule has 2 aromatic rings. The molecule has 0 amide bonds. The van der Waals surface area contributed by atoms with Gasteiger partial charge in [-0.15, -0.1) is 0 Å². The minimum absolute atomic E-state index is 0.758. The van der Waals surface area contributed by atoms with Gasteiger partial charge in [-0.1, -0.05) is 26.3 Å². The minimum Gasteiger partial charge on any atom is -0.371 e. The Morgan fingerprint density at radius 2 is 2.25 bits per heavy atom. The molecule has 0 fully saturated rings. The zero-order chi connectivity index (χ0) is 13.9. The van der Waals surface area contributed by atoms with Crippen LogP contribution in [-0.4, -0.2) is 23.3 Å². The Kier molecular flexibility index (Phi) is 3.77. The lowest BCUT2D eigenvalue weighted by atomic mass is 9.97. The monoisotopic (exact) mass is 269 g/mol. The molecule has 20 heavy (non-hydrogen) atoms. The molecule has 1 aliphatic rings. The summed E-state index contributed by atoms with van der Waals surface area (Å²) >= 11 is 0. The van der Waals surface area contributed by atoms with Gasteiger partial charge in [-0.05, 0) is 48.1 Å². The van der Waals surface area contributed by atoms with E-state index >= 15 is 0 Å². The summed E-state index contributed by atoms with van der Waals surface area (Å²) in [5.41, 5.74) is 5.25. The number of rotatable bonds is 4. The van der Waals surface area contributed by atoms with E-state index in [-0.39, 0.29) is 0 Å². The number of hydrogen-bond acceptors (Lipinski definition) is 2. The molecular formula is C17H23N3. The van der Waals surface area contributed by atoms with Gasteiger partial charge < -0.3 is 4.90 Å². The maximum Gasteiger partial charge on any atom is 0.0650 e. The quantitative estimate of drug-likeness (QED) is 0.913. The third-order valence-corrected chi connectivity index (χ3v) is 4.34. The van der Waals surface area contributed by atoms with Gasteiger partial charge in [0.2, 0.25) is 0 Å². The molecule has 1 atom stereocenters. The molecule has 3 rings (SSSR count). The lowest BCUT2D eigenvalue weighted by molar-refractivity contribution is 0.530. The average molecular weight is 269 g/mol. The van der Waals surface area contributed by atoms with Crippen LogP contribution in [0.25, 0.3) is 11.3 Å². The molecule has 0 radical (unpaired) electrons. The topological polar surface area (TPSA) is 31.9 Å². The Labute approximate surface area is 121 Å². The van der Waals surface area contributed by atoms with Gasteiger partial charge in [0.15, 0.2) is 0 Å². The first-order chi connectivity index (χ1) is 9.78. The van der Waals surface area contributed by atoms with Crippen molar-refractivity contribution in [1.29, 1.82) is 0 Å². The fraction of sp³-hybridized carbons (Fsp3) is 0.471. The maximum atomic E-state index is 4.04. The van der Waals surface area contributed by atoms with E-state index in [9.17, 15) is 0 Å². The number of aromatic amines is 1. The van der Waals surface area contributed by atoms with E-state index in [1.807, 2.05) is 12.3 Å². The average Bonchev–Trinajstić information content (AvgIpc) is 3.01. The van der Waals surface area contributed by atoms with Gasteiger partial charge in [0.25, 0.3) is 0 Å². The Bertz CT molecular complexity index is 560. The highest BCUT2D eigenvalue weighted by Crippen LogP contribution is 2.31. The molecule has 3 nitrogen and oxygen atoms in total. The van der Waals surface area contributed by atoms with Gasteiger partial charge in [-0.3, -0.25) is 5.10 Å². The largest absolute Gasteiger partial charge is 0.371 e. The van der Waals surface area contributed by atoms with Crippen molar-refractivity contribution in [3.05, 3.63) is 36.0 Å². The number of benzene rings is 1. The number of aryl methyl sites for hydroxylation is 1. The number of aromatic nitrogens is 2. The van der Waals surface area contributed by atoms with Gasteiger partial charge in [0.1, 0.15) is 0 Å². The third-order valence-electron chi connectivity index (χ3n) is 4.34. The fourth-order valence-electron chi connectivity index (χ4n) is 2.95. The SMILES string of the molecule is CCC(C)CN1CCCc2cc(-c3ccn[nH]3)ccc21. The Morgan fingerprint density at radius 3 is 3.00 bits per heavy atom. The summed E-state index contributed by atoms with van der Waals surface area (Å²) in [6.45, 7) is 6.98. The third kappa shape index (κ3) is 2.58. The van der Waals surface area contributed by atoms with E-state index in [1.54, 1.807) is 0 Å². The molecule has 1 unspecified atom stereocenters. The minimum atomic E-state index is 0.758. The van der Waals surface area contributed by atoms with Crippen molar-refractivity contribution in [3.63, 3.8) is 0 Å². The van der Waals surface area contributed by atoms with Crippen LogP contribution in [0.2, 0.25) is 0 Å². The standard InChI is InChI=1S/C17H23N3/c1-3-13(2)12-20-10-4-5-15-11-14(6-7-17(15)20)16-8-9-18-19-16/h6-9,11,13H,3-5,10,12H2,1-2H3,(H,18,19). The van der Waals surface area contributed by atoms with Crippen molar-refractivity contribution >= 4 is 5.69 Å². The number of nitrogens with one attached hydrogen (secondary N) is 1. The summed E-state index contributed by atoms with van der Waals surface area (Å²) < 4.78 is 0. The summed E-state index contributed by atoms with van der Waals surface area (Å²) in [5, 5.41) is 7.09. The van der Waals surface area contributed by atoms with Crippen LogP contribution >= 0.6 is 0 Å². The number of nitrogens with zero attached hydrogens (tertiary/aromatic N) is 2. The molecule has 0 saturated carbocycles. The molecule has 0 aliphatic carbocycles. The molecule has 106 valence electrons. The summed E-state index contributed by atoms with van der Waals surface area (Å²) in [6, 6.07) is 8.85. The second-order valence-electron chi connectivity index (χ2n) is 5.88. The van der Waals surface area contributed by atoms with Crippen LogP contribution in [-0.2, 0) is 6.42 Å². The molecule has 0 bridgehead atoms. The van der Waals surface area contributed by atoms with Crippen LogP contribution in [0.1, 0.15) is 32.3 Å². The van der Waals surface area contributed by atoms with E-state index in [4.69, 9.17) is 0 Å². The Balaban J connectivity index is 1.88. The van der Waals surface area contributed by atoms with E-state index in [0.717, 1.165) is 11.6 Å². The first kappa shape index (κ1) is 13.2. The predicted molar refractivity (Wildman–Crippen MR) is 84.0 cm³/mol. The number of hydrogen-bond donors (Lipinski definition) is 1. The summed E-state index contributed by atoms with van der Waals surface area (Å²) in [5.74, 6) is 0.758. The normalized spacial score (nSPS) is 16.0. The van der Waals surface area contributed by atoms with Crippen LogP contribution in [0.15, 0.2) is 30.5 Å². The zero-order valence-corrected chi connectivity index (χ0v) is 12.4. The molecule has 1 N–H and O–H groups in total. The highest BCUT2D eigenvalue weighted by molar-refractivity contribution is 5.67. The van der Waals surface area contributed by atoms with Gasteiger partial charge >= 0.3 is 0 Å². The highest BCUT2D eigenvalue weighted by Gasteiger charge is 2.18. The number of H-pyrrole nitrogens is 1. The van der Waals surface area contributed by atoms with Crippen molar-refractivity contribution in [2.45, 2.75) is 33.1 Å². The van der Waals surface area contributed by atoms with Crippen molar-refractivity contribution in [1.82, 2.24) is 10.2 Å². The van der Waals surface area contributed by atoms with Crippen molar-refractivity contribution in [3.8, 4) is 11.3 Å². The molecule has 0 spiro atoms. The van der Waals surface area contributed by atoms with E-state index < -0.39 is 0 Å². The molecule has 1 aromatic carbocycles. The number of anilines is 1. The van der Waals surface area contributed by atoms with Gasteiger partial charge in [0, 0.05) is 25.0 Å². The lowest BCUT2D eigenvalue weighted by Crippen LogP contribution is -2.33. The van der Waals surface area contributed by atoms with Crippen LogP contribution in [0.4, 0.5) is 5.69 Å². The molecule has 0 saturated heterocycles. The van der Waals surface area contributed by atoms with Gasteiger partial charge in [-0.25, -0.2) is 0 Å². The first-order valence-corrected chi connectivity index (χ1v) is 7.65. The van der Waals surface area contributed by atoms with Gasteiger partial charge in [-0.2, -0.15) is 5.10 Å². The molecular weight excluding hydrogens is 246 g/mol. The maximum absolute atomic E-state index is 4.04. The Morgan fingerprint density at radius 1 is 1.35 bits per heavy atom. The highest BCUT2D eigenvalue weighted by atomic mass is 15.1. The second-order valence-corrected chi connectivity index (χ2v) is 5.88.